The van der Waals surface area contributed by atoms with E-state index in [0.717, 1.165) is 36.1 Å². The number of aryl methyl sites for hydroxylation is 2. The van der Waals surface area contributed by atoms with E-state index in [2.05, 4.69) is 22.4 Å². The molecule has 1 aliphatic carbocycles. The highest BCUT2D eigenvalue weighted by Gasteiger charge is 2.27. The number of thiophene rings is 1. The van der Waals surface area contributed by atoms with E-state index in [-0.39, 0.29) is 17.4 Å². The van der Waals surface area contributed by atoms with Gasteiger partial charge in [-0.3, -0.25) is 9.59 Å². The number of benzene rings is 1. The first kappa shape index (κ1) is 21.0. The zero-order valence-electron chi connectivity index (χ0n) is 17.1. The summed E-state index contributed by atoms with van der Waals surface area (Å²) in [4.78, 5) is 26.7. The number of rotatable bonds is 6. The molecule has 2 amide bonds. The lowest BCUT2D eigenvalue weighted by Gasteiger charge is -2.12. The predicted molar refractivity (Wildman–Crippen MR) is 118 cm³/mol. The molecule has 1 aromatic carbocycles. The van der Waals surface area contributed by atoms with Gasteiger partial charge in [0.05, 0.1) is 5.56 Å². The van der Waals surface area contributed by atoms with Gasteiger partial charge in [-0.25, -0.2) is 4.39 Å². The Labute approximate surface area is 183 Å². The van der Waals surface area contributed by atoms with Gasteiger partial charge in [0, 0.05) is 23.1 Å². The van der Waals surface area contributed by atoms with Gasteiger partial charge >= 0.3 is 0 Å². The predicted octanol–water partition coefficient (Wildman–Crippen LogP) is 4.90. The molecule has 0 atom stereocenters. The van der Waals surface area contributed by atoms with Crippen molar-refractivity contribution in [1.82, 2.24) is 10.5 Å². The monoisotopic (exact) mass is 439 g/mol. The summed E-state index contributed by atoms with van der Waals surface area (Å²) in [5, 5.41) is 9.96. The molecule has 6 nitrogen and oxygen atoms in total. The average Bonchev–Trinajstić information content (AvgIpc) is 3.39. The van der Waals surface area contributed by atoms with Crippen LogP contribution in [0.2, 0.25) is 0 Å². The van der Waals surface area contributed by atoms with Gasteiger partial charge in [-0.05, 0) is 49.8 Å². The Bertz CT molecular complexity index is 1170. The van der Waals surface area contributed by atoms with Crippen LogP contribution in [-0.2, 0) is 12.8 Å². The molecule has 0 unspecified atom stereocenters. The minimum absolute atomic E-state index is 0.0554. The van der Waals surface area contributed by atoms with Crippen LogP contribution in [0.4, 0.5) is 9.39 Å². The van der Waals surface area contributed by atoms with E-state index in [4.69, 9.17) is 4.52 Å². The Morgan fingerprint density at radius 2 is 2.06 bits per heavy atom. The third-order valence-electron chi connectivity index (χ3n) is 5.23. The molecule has 3 aromatic rings. The molecule has 160 valence electrons. The minimum Gasteiger partial charge on any atom is -0.355 e. The van der Waals surface area contributed by atoms with Gasteiger partial charge in [-0.2, -0.15) is 0 Å². The van der Waals surface area contributed by atoms with Crippen molar-refractivity contribution in [3.8, 4) is 11.3 Å². The number of carbonyl (C=O) groups excluding carboxylic acids is 2. The van der Waals surface area contributed by atoms with Crippen LogP contribution in [0.15, 0.2) is 41.4 Å². The third kappa shape index (κ3) is 4.29. The molecule has 2 N–H and O–H groups in total. The molecule has 0 spiro atoms. The van der Waals surface area contributed by atoms with Crippen LogP contribution < -0.4 is 10.6 Å². The highest BCUT2D eigenvalue weighted by atomic mass is 32.1. The molecule has 0 aliphatic heterocycles. The molecule has 0 fully saturated rings. The van der Waals surface area contributed by atoms with Crippen molar-refractivity contribution in [2.45, 2.75) is 32.6 Å². The number of halogens is 1. The van der Waals surface area contributed by atoms with E-state index in [1.807, 2.05) is 0 Å². The smallest absolute Gasteiger partial charge is 0.278 e. The molecular weight excluding hydrogens is 417 g/mol. The molecule has 0 bridgehead atoms. The van der Waals surface area contributed by atoms with E-state index in [9.17, 15) is 14.0 Å². The molecule has 2 aromatic heterocycles. The molecule has 8 heteroatoms. The van der Waals surface area contributed by atoms with Crippen LogP contribution >= 0.6 is 11.3 Å². The summed E-state index contributed by atoms with van der Waals surface area (Å²) in [5.41, 5.74) is 2.58. The van der Waals surface area contributed by atoms with Crippen molar-refractivity contribution in [2.24, 2.45) is 0 Å². The largest absolute Gasteiger partial charge is 0.355 e. The lowest BCUT2D eigenvalue weighted by Crippen LogP contribution is -2.26. The minimum atomic E-state index is -0.487. The number of hydrogen-bond acceptors (Lipinski definition) is 5. The van der Waals surface area contributed by atoms with Gasteiger partial charge in [0.25, 0.3) is 11.8 Å². The van der Waals surface area contributed by atoms with E-state index in [0.29, 0.717) is 34.0 Å². The average molecular weight is 440 g/mol. The Kier molecular flexibility index (Phi) is 5.99. The SMILES string of the molecule is C=CCNC(=O)c1c(NC(=O)c2cc(-c3ccc(C)c(F)c3)on2)sc2c1CCCC2. The van der Waals surface area contributed by atoms with Crippen LogP contribution in [0.5, 0.6) is 0 Å². The van der Waals surface area contributed by atoms with Crippen molar-refractivity contribution < 1.29 is 18.5 Å². The van der Waals surface area contributed by atoms with Gasteiger partial charge in [0.1, 0.15) is 10.8 Å². The molecule has 0 radical (unpaired) electrons. The van der Waals surface area contributed by atoms with Crippen LogP contribution in [0.3, 0.4) is 0 Å². The second-order valence-electron chi connectivity index (χ2n) is 7.41. The molecule has 31 heavy (non-hydrogen) atoms. The first-order chi connectivity index (χ1) is 15.0. The fourth-order valence-corrected chi connectivity index (χ4v) is 4.86. The van der Waals surface area contributed by atoms with Crippen molar-refractivity contribution in [1.29, 1.82) is 0 Å². The summed E-state index contributed by atoms with van der Waals surface area (Å²) in [7, 11) is 0. The quantitative estimate of drug-likeness (QED) is 0.535. The number of fused-ring (bicyclic) bond motifs is 1. The highest BCUT2D eigenvalue weighted by Crippen LogP contribution is 2.38. The van der Waals surface area contributed by atoms with Gasteiger partial charge in [0.15, 0.2) is 11.5 Å². The van der Waals surface area contributed by atoms with Crippen molar-refractivity contribution in [3.63, 3.8) is 0 Å². The van der Waals surface area contributed by atoms with Gasteiger partial charge < -0.3 is 15.2 Å². The fraction of sp³-hybridized carbons (Fsp3) is 0.261. The first-order valence-electron chi connectivity index (χ1n) is 10.1. The van der Waals surface area contributed by atoms with Crippen LogP contribution in [0, 0.1) is 12.7 Å². The third-order valence-corrected chi connectivity index (χ3v) is 6.44. The number of carbonyl (C=O) groups is 2. The molecule has 4 rings (SSSR count). The van der Waals surface area contributed by atoms with Gasteiger partial charge in [-0.1, -0.05) is 23.4 Å². The van der Waals surface area contributed by atoms with Crippen LogP contribution in [0.25, 0.3) is 11.3 Å². The Morgan fingerprint density at radius 3 is 2.84 bits per heavy atom. The Morgan fingerprint density at radius 1 is 1.26 bits per heavy atom. The normalized spacial score (nSPS) is 12.8. The van der Waals surface area contributed by atoms with Gasteiger partial charge in [-0.15, -0.1) is 17.9 Å². The standard InChI is InChI=1S/C23H22FN3O3S/c1-3-10-25-22(29)20-15-6-4-5-7-19(15)31-23(20)26-21(28)17-12-18(30-27-17)14-9-8-13(2)16(24)11-14/h3,8-9,11-12H,1,4-7,10H2,2H3,(H,25,29)(H,26,28). The number of anilines is 1. The second-order valence-corrected chi connectivity index (χ2v) is 8.51. The molecule has 1 aliphatic rings. The molecular formula is C23H22FN3O3S. The van der Waals surface area contributed by atoms with Crippen LogP contribution in [-0.4, -0.2) is 23.5 Å². The molecule has 2 heterocycles. The summed E-state index contributed by atoms with van der Waals surface area (Å²) >= 11 is 1.43. The Balaban J connectivity index is 1.59. The first-order valence-corrected chi connectivity index (χ1v) is 10.9. The zero-order chi connectivity index (χ0) is 22.0. The number of nitrogens with one attached hydrogen (secondary N) is 2. The summed E-state index contributed by atoms with van der Waals surface area (Å²) in [6, 6.07) is 6.14. The maximum Gasteiger partial charge on any atom is 0.278 e. The van der Waals surface area contributed by atoms with E-state index < -0.39 is 5.91 Å². The zero-order valence-corrected chi connectivity index (χ0v) is 17.9. The summed E-state index contributed by atoms with van der Waals surface area (Å²) in [5.74, 6) is -0.790. The Hall–Kier alpha value is -3.26. The maximum absolute atomic E-state index is 13.9. The fourth-order valence-electron chi connectivity index (χ4n) is 3.58. The van der Waals surface area contributed by atoms with Crippen LogP contribution in [0.1, 0.15) is 49.7 Å². The number of nitrogens with zero attached hydrogens (tertiary/aromatic N) is 1. The van der Waals surface area contributed by atoms with Crippen molar-refractivity contribution >= 4 is 28.2 Å². The number of amides is 2. The van der Waals surface area contributed by atoms with E-state index in [1.165, 1.54) is 23.5 Å². The lowest BCUT2D eigenvalue weighted by atomic mass is 9.95. The molecule has 0 saturated carbocycles. The van der Waals surface area contributed by atoms with Crippen molar-refractivity contribution in [3.05, 3.63) is 70.0 Å². The summed E-state index contributed by atoms with van der Waals surface area (Å²) in [6.07, 6.45) is 5.39. The highest BCUT2D eigenvalue weighted by molar-refractivity contribution is 7.17. The number of hydrogen-bond donors (Lipinski definition) is 2. The number of aromatic nitrogens is 1. The summed E-state index contributed by atoms with van der Waals surface area (Å²) in [6.45, 7) is 5.64. The van der Waals surface area contributed by atoms with E-state index in [1.54, 1.807) is 25.1 Å². The lowest BCUT2D eigenvalue weighted by molar-refractivity contribution is 0.0958. The summed E-state index contributed by atoms with van der Waals surface area (Å²) < 4.78 is 19.1. The maximum atomic E-state index is 13.9. The second kappa shape index (κ2) is 8.85. The van der Waals surface area contributed by atoms with E-state index >= 15 is 0 Å². The van der Waals surface area contributed by atoms with Crippen molar-refractivity contribution in [2.75, 3.05) is 11.9 Å². The van der Waals surface area contributed by atoms with Gasteiger partial charge in [0.2, 0.25) is 0 Å². The molecule has 0 saturated heterocycles. The topological polar surface area (TPSA) is 84.2 Å².